The minimum Gasteiger partial charge on any atom is -0.490 e. The van der Waals surface area contributed by atoms with Gasteiger partial charge in [0.15, 0.2) is 0 Å². The van der Waals surface area contributed by atoms with Crippen LogP contribution in [0.25, 0.3) is 0 Å². The maximum Gasteiger partial charge on any atom is 0.124 e. The van der Waals surface area contributed by atoms with E-state index < -0.39 is 6.10 Å². The van der Waals surface area contributed by atoms with Crippen molar-refractivity contribution in [1.82, 2.24) is 0 Å². The first-order chi connectivity index (χ1) is 7.67. The average Bonchev–Trinajstić information content (AvgIpc) is 2.27. The molecule has 0 spiro atoms. The Morgan fingerprint density at radius 2 is 2.19 bits per heavy atom. The van der Waals surface area contributed by atoms with Crippen LogP contribution in [-0.4, -0.2) is 31.5 Å². The van der Waals surface area contributed by atoms with Gasteiger partial charge in [-0.05, 0) is 18.2 Å². The van der Waals surface area contributed by atoms with Gasteiger partial charge in [-0.25, -0.2) is 4.39 Å². The summed E-state index contributed by atoms with van der Waals surface area (Å²) in [7, 11) is 1.49. The second-order valence-corrected chi connectivity index (χ2v) is 3.38. The zero-order valence-electron chi connectivity index (χ0n) is 9.15. The van der Waals surface area contributed by atoms with Crippen LogP contribution in [0.5, 0.6) is 5.75 Å². The molecule has 0 fully saturated rings. The molecule has 0 radical (unpaired) electrons. The fraction of sp³-hybridized carbons (Fsp3) is 0.455. The van der Waals surface area contributed by atoms with Crippen molar-refractivity contribution in [1.29, 1.82) is 0 Å². The van der Waals surface area contributed by atoms with Gasteiger partial charge in [0, 0.05) is 19.2 Å². The van der Waals surface area contributed by atoms with E-state index in [1.165, 1.54) is 25.3 Å². The van der Waals surface area contributed by atoms with Gasteiger partial charge in [0.1, 0.15) is 24.3 Å². The maximum absolute atomic E-state index is 12.9. The number of benzene rings is 1. The lowest BCUT2D eigenvalue weighted by Gasteiger charge is -2.13. The van der Waals surface area contributed by atoms with Crippen molar-refractivity contribution >= 4 is 0 Å². The van der Waals surface area contributed by atoms with E-state index >= 15 is 0 Å². The zero-order valence-corrected chi connectivity index (χ0v) is 9.15. The van der Waals surface area contributed by atoms with Gasteiger partial charge in [0.2, 0.25) is 0 Å². The Hall–Kier alpha value is -1.17. The molecule has 0 bridgehead atoms. The van der Waals surface area contributed by atoms with E-state index in [1.54, 1.807) is 0 Å². The standard InChI is InChI=1S/C11H16FNO3/c1-15-6-10(14)7-16-11-3-2-9(12)4-8(11)5-13/h2-4,10,14H,5-7,13H2,1H3. The molecule has 0 aromatic heterocycles. The highest BCUT2D eigenvalue weighted by Crippen LogP contribution is 2.19. The Bertz CT molecular complexity index is 333. The summed E-state index contributed by atoms with van der Waals surface area (Å²) in [4.78, 5) is 0. The molecule has 4 nitrogen and oxygen atoms in total. The maximum atomic E-state index is 12.9. The van der Waals surface area contributed by atoms with E-state index in [9.17, 15) is 9.50 Å². The predicted molar refractivity (Wildman–Crippen MR) is 57.7 cm³/mol. The molecule has 16 heavy (non-hydrogen) atoms. The van der Waals surface area contributed by atoms with E-state index in [2.05, 4.69) is 0 Å². The van der Waals surface area contributed by atoms with Crippen LogP contribution in [0, 0.1) is 5.82 Å². The number of rotatable bonds is 6. The summed E-state index contributed by atoms with van der Waals surface area (Å²) in [5.41, 5.74) is 6.02. The van der Waals surface area contributed by atoms with Crippen molar-refractivity contribution in [3.8, 4) is 5.75 Å². The third-order valence-electron chi connectivity index (χ3n) is 2.03. The SMILES string of the molecule is COCC(O)COc1ccc(F)cc1CN. The van der Waals surface area contributed by atoms with Gasteiger partial charge in [-0.1, -0.05) is 0 Å². The van der Waals surface area contributed by atoms with Gasteiger partial charge in [-0.15, -0.1) is 0 Å². The molecule has 0 saturated carbocycles. The van der Waals surface area contributed by atoms with Crippen LogP contribution in [0.3, 0.4) is 0 Å². The number of methoxy groups -OCH3 is 1. The Labute approximate surface area is 93.8 Å². The minimum atomic E-state index is -0.708. The van der Waals surface area contributed by atoms with Crippen molar-refractivity contribution in [3.63, 3.8) is 0 Å². The first kappa shape index (κ1) is 12.9. The Balaban J connectivity index is 2.59. The minimum absolute atomic E-state index is 0.0898. The van der Waals surface area contributed by atoms with Crippen LogP contribution >= 0.6 is 0 Å². The molecule has 0 amide bonds. The van der Waals surface area contributed by atoms with Crippen LogP contribution in [0.4, 0.5) is 4.39 Å². The van der Waals surface area contributed by atoms with Gasteiger partial charge in [0.25, 0.3) is 0 Å². The molecule has 1 aromatic carbocycles. The van der Waals surface area contributed by atoms with Crippen LogP contribution in [0.15, 0.2) is 18.2 Å². The summed E-state index contributed by atoms with van der Waals surface area (Å²) in [6.45, 7) is 0.471. The van der Waals surface area contributed by atoms with Crippen molar-refractivity contribution in [2.75, 3.05) is 20.3 Å². The normalized spacial score (nSPS) is 12.5. The number of hydrogen-bond donors (Lipinski definition) is 2. The molecule has 0 heterocycles. The number of ether oxygens (including phenoxy) is 2. The fourth-order valence-corrected chi connectivity index (χ4v) is 1.27. The quantitative estimate of drug-likeness (QED) is 0.752. The molecular formula is C11H16FNO3. The second kappa shape index (κ2) is 6.42. The third kappa shape index (κ3) is 3.77. The molecule has 0 aliphatic carbocycles. The highest BCUT2D eigenvalue weighted by atomic mass is 19.1. The van der Waals surface area contributed by atoms with Crippen molar-refractivity contribution in [3.05, 3.63) is 29.6 Å². The molecule has 5 heteroatoms. The summed E-state index contributed by atoms with van der Waals surface area (Å²) < 4.78 is 22.9. The summed E-state index contributed by atoms with van der Waals surface area (Å²) in [6, 6.07) is 4.10. The number of halogens is 1. The molecule has 1 atom stereocenters. The van der Waals surface area contributed by atoms with E-state index in [4.69, 9.17) is 15.2 Å². The number of hydrogen-bond acceptors (Lipinski definition) is 4. The molecule has 1 rings (SSSR count). The Kier molecular flexibility index (Phi) is 5.18. The highest BCUT2D eigenvalue weighted by Gasteiger charge is 2.08. The van der Waals surface area contributed by atoms with Crippen molar-refractivity contribution in [2.24, 2.45) is 5.73 Å². The van der Waals surface area contributed by atoms with Crippen LogP contribution in [-0.2, 0) is 11.3 Å². The predicted octanol–water partition coefficient (Wildman–Crippen LogP) is 0.671. The van der Waals surface area contributed by atoms with E-state index in [0.717, 1.165) is 0 Å². The molecule has 1 unspecified atom stereocenters. The summed E-state index contributed by atoms with van der Waals surface area (Å²) in [6.07, 6.45) is -0.708. The average molecular weight is 229 g/mol. The Morgan fingerprint density at radius 1 is 1.44 bits per heavy atom. The van der Waals surface area contributed by atoms with E-state index in [0.29, 0.717) is 11.3 Å². The smallest absolute Gasteiger partial charge is 0.124 e. The molecule has 90 valence electrons. The van der Waals surface area contributed by atoms with Gasteiger partial charge < -0.3 is 20.3 Å². The van der Waals surface area contributed by atoms with Crippen LogP contribution in [0.2, 0.25) is 0 Å². The molecule has 0 saturated heterocycles. The lowest BCUT2D eigenvalue weighted by Crippen LogP contribution is -2.23. The first-order valence-corrected chi connectivity index (χ1v) is 4.95. The summed E-state index contributed by atoms with van der Waals surface area (Å²) in [5.74, 6) is 0.129. The first-order valence-electron chi connectivity index (χ1n) is 4.95. The fourth-order valence-electron chi connectivity index (χ4n) is 1.27. The topological polar surface area (TPSA) is 64.7 Å². The number of aliphatic hydroxyl groups is 1. The lowest BCUT2D eigenvalue weighted by molar-refractivity contribution is 0.0323. The molecule has 0 aliphatic rings. The summed E-state index contributed by atoms with van der Waals surface area (Å²) >= 11 is 0. The van der Waals surface area contributed by atoms with Crippen molar-refractivity contribution < 1.29 is 19.0 Å². The zero-order chi connectivity index (χ0) is 12.0. The van der Waals surface area contributed by atoms with E-state index in [-0.39, 0.29) is 25.6 Å². The van der Waals surface area contributed by atoms with Gasteiger partial charge >= 0.3 is 0 Å². The van der Waals surface area contributed by atoms with Crippen molar-refractivity contribution in [2.45, 2.75) is 12.6 Å². The largest absolute Gasteiger partial charge is 0.490 e. The van der Waals surface area contributed by atoms with Crippen LogP contribution < -0.4 is 10.5 Å². The van der Waals surface area contributed by atoms with E-state index in [1.807, 2.05) is 0 Å². The monoisotopic (exact) mass is 229 g/mol. The molecule has 0 aliphatic heterocycles. The third-order valence-corrected chi connectivity index (χ3v) is 2.03. The Morgan fingerprint density at radius 3 is 2.81 bits per heavy atom. The lowest BCUT2D eigenvalue weighted by atomic mass is 10.2. The highest BCUT2D eigenvalue weighted by molar-refractivity contribution is 5.33. The van der Waals surface area contributed by atoms with Gasteiger partial charge in [0.05, 0.1) is 6.61 Å². The number of aliphatic hydroxyl groups excluding tert-OH is 1. The van der Waals surface area contributed by atoms with Crippen LogP contribution in [0.1, 0.15) is 5.56 Å². The molecule has 1 aromatic rings. The molecule has 3 N–H and O–H groups in total. The number of nitrogens with two attached hydrogens (primary N) is 1. The van der Waals surface area contributed by atoms with Gasteiger partial charge in [-0.3, -0.25) is 0 Å². The molecular weight excluding hydrogens is 213 g/mol. The second-order valence-electron chi connectivity index (χ2n) is 3.38. The summed E-state index contributed by atoms with van der Waals surface area (Å²) in [5, 5.41) is 9.37. The van der Waals surface area contributed by atoms with Gasteiger partial charge in [-0.2, -0.15) is 0 Å².